The van der Waals surface area contributed by atoms with E-state index in [-0.39, 0.29) is 5.95 Å². The number of primary amides is 1. The first-order chi connectivity index (χ1) is 15.2. The SMILES string of the molecule is [2H]C([2H])([2H])C1([2H])C([2H])([2H])C([2H])([2H])C([2H])(Nc2nc(NC(C)(C)C)ncc2C(N)=O)C([2H])([2H])C1([2H])O. The van der Waals surface area contributed by atoms with E-state index in [2.05, 4.69) is 15.3 Å². The molecule has 1 heterocycles. The van der Waals surface area contributed by atoms with Crippen LogP contribution in [-0.2, 0) is 0 Å². The van der Waals surface area contributed by atoms with Crippen molar-refractivity contribution in [3.8, 4) is 0 Å². The monoisotopic (exact) mass is 333 g/mol. The van der Waals surface area contributed by atoms with Gasteiger partial charge in [0.2, 0.25) is 5.95 Å². The molecule has 0 saturated heterocycles. The maximum Gasteiger partial charge on any atom is 0.254 e. The number of hydrogen-bond donors (Lipinski definition) is 4. The van der Waals surface area contributed by atoms with Crippen LogP contribution in [0.15, 0.2) is 6.20 Å². The minimum atomic E-state index is -4.22. The van der Waals surface area contributed by atoms with Gasteiger partial charge in [-0.25, -0.2) is 4.98 Å². The Morgan fingerprint density at radius 2 is 2.30 bits per heavy atom. The Morgan fingerprint density at radius 3 is 2.91 bits per heavy atom. The summed E-state index contributed by atoms with van der Waals surface area (Å²) in [6, 6.07) is -3.73. The second kappa shape index (κ2) is 6.70. The quantitative estimate of drug-likeness (QED) is 0.667. The zero-order valence-corrected chi connectivity index (χ0v) is 12.9. The van der Waals surface area contributed by atoms with Crippen LogP contribution in [-0.4, -0.2) is 38.6 Å². The molecule has 3 unspecified atom stereocenters. The van der Waals surface area contributed by atoms with Crippen LogP contribution in [0.1, 0.15) is 73.5 Å². The van der Waals surface area contributed by atoms with Gasteiger partial charge in [0.1, 0.15) is 5.82 Å². The molecule has 5 N–H and O–H groups in total. The lowest BCUT2D eigenvalue weighted by Crippen LogP contribution is -2.36. The second-order valence-electron chi connectivity index (χ2n) is 5.79. The molecule has 1 fully saturated rings. The summed E-state index contributed by atoms with van der Waals surface area (Å²) in [6.45, 7) is 1.24. The Labute approximate surface area is 153 Å². The molecular weight excluding hydrogens is 294 g/mol. The topological polar surface area (TPSA) is 113 Å². The molecular formula is C16H27N5O2. The average Bonchev–Trinajstić information content (AvgIpc) is 2.63. The molecule has 1 aromatic rings. The van der Waals surface area contributed by atoms with Gasteiger partial charge in [-0.2, -0.15) is 4.98 Å². The highest BCUT2D eigenvalue weighted by atomic mass is 16.3. The number of nitrogens with two attached hydrogens (primary N) is 1. The third-order valence-electron chi connectivity index (χ3n) is 2.58. The van der Waals surface area contributed by atoms with Crippen molar-refractivity contribution in [2.24, 2.45) is 11.6 Å². The van der Waals surface area contributed by atoms with Gasteiger partial charge in [0.25, 0.3) is 5.91 Å². The zero-order chi connectivity index (χ0) is 27.8. The van der Waals surface area contributed by atoms with Crippen molar-refractivity contribution in [3.63, 3.8) is 0 Å². The largest absolute Gasteiger partial charge is 0.393 e. The summed E-state index contributed by atoms with van der Waals surface area (Å²) in [4.78, 5) is 19.7. The van der Waals surface area contributed by atoms with Crippen LogP contribution in [0.5, 0.6) is 0 Å². The number of nitrogens with one attached hydrogen (secondary N) is 2. The van der Waals surface area contributed by atoms with E-state index in [1.54, 1.807) is 20.8 Å². The molecule has 7 nitrogen and oxygen atoms in total. The van der Waals surface area contributed by atoms with Gasteiger partial charge in [-0.05, 0) is 45.8 Å². The fourth-order valence-corrected chi connectivity index (χ4v) is 1.63. The summed E-state index contributed by atoms with van der Waals surface area (Å²) in [5, 5.41) is 15.5. The Balaban J connectivity index is 2.87. The van der Waals surface area contributed by atoms with Gasteiger partial charge in [0.15, 0.2) is 0 Å². The highest BCUT2D eigenvalue weighted by molar-refractivity contribution is 5.97. The van der Waals surface area contributed by atoms with Crippen molar-refractivity contribution in [3.05, 3.63) is 11.8 Å². The number of rotatable bonds is 4. The first-order valence-corrected chi connectivity index (χ1v) is 6.68. The van der Waals surface area contributed by atoms with E-state index in [0.29, 0.717) is 0 Å². The number of aromatic nitrogens is 2. The molecule has 128 valence electrons. The van der Waals surface area contributed by atoms with Crippen LogP contribution in [0.25, 0.3) is 0 Å². The fraction of sp³-hybridized carbons (Fsp3) is 0.688. The first-order valence-electron chi connectivity index (χ1n) is 12.7. The highest BCUT2D eigenvalue weighted by Gasteiger charge is 2.27. The Morgan fingerprint density at radius 1 is 1.57 bits per heavy atom. The van der Waals surface area contributed by atoms with Crippen molar-refractivity contribution in [1.29, 1.82) is 0 Å². The molecule has 3 atom stereocenters. The van der Waals surface area contributed by atoms with E-state index in [1.165, 1.54) is 0 Å². The van der Waals surface area contributed by atoms with E-state index in [1.807, 2.05) is 5.32 Å². The molecule has 7 heteroatoms. The predicted octanol–water partition coefficient (Wildman–Crippen LogP) is 1.75. The first kappa shape index (κ1) is 7.34. The van der Waals surface area contributed by atoms with Crippen LogP contribution in [0, 0.1) is 5.89 Å². The molecule has 1 amide bonds. The molecule has 1 aromatic heterocycles. The summed E-state index contributed by atoms with van der Waals surface area (Å²) in [5.74, 6) is -6.23. The van der Waals surface area contributed by atoms with Gasteiger partial charge in [0, 0.05) is 31.5 Å². The maximum absolute atomic E-state index is 11.9. The molecule has 23 heavy (non-hydrogen) atoms. The van der Waals surface area contributed by atoms with Gasteiger partial charge in [-0.3, -0.25) is 4.79 Å². The number of hydrogen-bond acceptors (Lipinski definition) is 6. The van der Waals surface area contributed by atoms with E-state index >= 15 is 0 Å². The van der Waals surface area contributed by atoms with E-state index in [0.717, 1.165) is 6.20 Å². The summed E-state index contributed by atoms with van der Waals surface area (Å²) in [6.07, 6.45) is -15.3. The molecule has 1 aliphatic rings. The van der Waals surface area contributed by atoms with Crippen molar-refractivity contribution in [1.82, 2.24) is 9.97 Å². The van der Waals surface area contributed by atoms with Crippen LogP contribution in [0.3, 0.4) is 0 Å². The standard InChI is InChI=1S/C16H27N5O2/c1-9-5-6-10(7-12(9)22)19-14-11(13(17)23)8-18-15(20-14)21-16(2,3)4/h8-10,12,22H,5-7H2,1-4H3,(H2,17,23)(H2,18,19,20,21)/i1D3,5D2,6D2,7D2,9D,10D,12D. The van der Waals surface area contributed by atoms with Gasteiger partial charge in [-0.15, -0.1) is 0 Å². The number of carbonyl (C=O) groups is 1. The lowest BCUT2D eigenvalue weighted by Gasteiger charge is -2.32. The molecule has 0 spiro atoms. The van der Waals surface area contributed by atoms with Crippen LogP contribution in [0.2, 0.25) is 0 Å². The van der Waals surface area contributed by atoms with Crippen molar-refractivity contribution >= 4 is 17.7 Å². The lowest BCUT2D eigenvalue weighted by atomic mass is 9.85. The summed E-state index contributed by atoms with van der Waals surface area (Å²) in [5.41, 5.74) is 4.08. The number of aliphatic hydroxyl groups is 1. The van der Waals surface area contributed by atoms with Crippen molar-refractivity contribution in [2.75, 3.05) is 10.6 Å². The molecule has 0 aromatic carbocycles. The molecule has 0 radical (unpaired) electrons. The highest BCUT2D eigenvalue weighted by Crippen LogP contribution is 2.27. The van der Waals surface area contributed by atoms with Gasteiger partial charge in [-0.1, -0.05) is 6.85 Å². The molecule has 0 bridgehead atoms. The molecule has 0 aliphatic heterocycles. The Kier molecular flexibility index (Phi) is 2.14. The Bertz CT molecular complexity index is 993. The number of amides is 1. The average molecular weight is 333 g/mol. The third-order valence-corrected chi connectivity index (χ3v) is 2.58. The van der Waals surface area contributed by atoms with Crippen LogP contribution >= 0.6 is 0 Å². The lowest BCUT2D eigenvalue weighted by molar-refractivity contribution is 0.0739. The molecule has 2 rings (SSSR count). The van der Waals surface area contributed by atoms with E-state index < -0.39 is 66.8 Å². The predicted molar refractivity (Wildman–Crippen MR) is 90.4 cm³/mol. The van der Waals surface area contributed by atoms with Crippen LogP contribution in [0.4, 0.5) is 11.8 Å². The smallest absolute Gasteiger partial charge is 0.254 e. The maximum atomic E-state index is 11.9. The fourth-order valence-electron chi connectivity index (χ4n) is 1.63. The minimum Gasteiger partial charge on any atom is -0.393 e. The van der Waals surface area contributed by atoms with Crippen molar-refractivity contribution < 1.29 is 26.4 Å². The summed E-state index contributed by atoms with van der Waals surface area (Å²) in [7, 11) is 0. The summed E-state index contributed by atoms with van der Waals surface area (Å²) < 4.78 is 97.3. The van der Waals surface area contributed by atoms with E-state index in [9.17, 15) is 9.90 Å². The third kappa shape index (κ3) is 4.79. The van der Waals surface area contributed by atoms with E-state index in [4.69, 9.17) is 22.2 Å². The van der Waals surface area contributed by atoms with Gasteiger partial charge < -0.3 is 21.5 Å². The zero-order valence-electron chi connectivity index (χ0n) is 24.9. The van der Waals surface area contributed by atoms with Crippen molar-refractivity contribution in [2.45, 2.75) is 64.4 Å². The number of nitrogens with zero attached hydrogens (tertiary/aromatic N) is 2. The van der Waals surface area contributed by atoms with Gasteiger partial charge in [0.05, 0.1) is 14.4 Å². The molecule has 1 aliphatic carbocycles. The minimum absolute atomic E-state index is 0.188. The Hall–Kier alpha value is -1.89. The normalized spacial score (nSPS) is 49.4. The number of anilines is 2. The van der Waals surface area contributed by atoms with Crippen LogP contribution < -0.4 is 16.4 Å². The van der Waals surface area contributed by atoms with Gasteiger partial charge >= 0.3 is 0 Å². The second-order valence-corrected chi connectivity index (χ2v) is 5.79. The number of carbonyl (C=O) groups excluding carboxylic acids is 1. The summed E-state index contributed by atoms with van der Waals surface area (Å²) >= 11 is 0. The molecule has 1 saturated carbocycles.